The van der Waals surface area contributed by atoms with Crippen molar-refractivity contribution in [2.45, 2.75) is 0 Å². The van der Waals surface area contributed by atoms with Gasteiger partial charge < -0.3 is 9.32 Å². The van der Waals surface area contributed by atoms with Crippen LogP contribution in [0, 0.1) is 0 Å². The zero-order chi connectivity index (χ0) is 31.9. The normalized spacial score (nSPS) is 11.3. The van der Waals surface area contributed by atoms with Crippen LogP contribution in [0.25, 0.3) is 66.4 Å². The Kier molecular flexibility index (Phi) is 6.80. The maximum atomic E-state index is 6.58. The van der Waals surface area contributed by atoms with Gasteiger partial charge in [0.05, 0.1) is 0 Å². The highest BCUT2D eigenvalue weighted by Gasteiger charge is 2.19. The lowest BCUT2D eigenvalue weighted by Gasteiger charge is -2.26. The third-order valence-corrected chi connectivity index (χ3v) is 9.06. The molecule has 1 heterocycles. The molecule has 0 aliphatic rings. The predicted octanol–water partition coefficient (Wildman–Crippen LogP) is 12.6. The Balaban J connectivity index is 1.30. The fourth-order valence-electron chi connectivity index (χ4n) is 6.77. The molecule has 0 spiro atoms. The number of anilines is 3. The van der Waals surface area contributed by atoms with E-state index in [0.717, 1.165) is 60.8 Å². The van der Waals surface area contributed by atoms with Gasteiger partial charge >= 0.3 is 0 Å². The second-order valence-corrected chi connectivity index (χ2v) is 12.0. The van der Waals surface area contributed by atoms with Gasteiger partial charge in [-0.1, -0.05) is 121 Å². The zero-order valence-electron chi connectivity index (χ0n) is 26.1. The molecule has 0 saturated heterocycles. The van der Waals surface area contributed by atoms with Crippen molar-refractivity contribution in [2.75, 3.05) is 4.90 Å². The van der Waals surface area contributed by atoms with Crippen molar-refractivity contribution in [1.29, 1.82) is 0 Å². The number of para-hydroxylation sites is 2. The molecule has 0 N–H and O–H groups in total. The topological polar surface area (TPSA) is 29.3 Å². The van der Waals surface area contributed by atoms with E-state index in [9.17, 15) is 0 Å². The lowest BCUT2D eigenvalue weighted by molar-refractivity contribution is 0.623. The standard InChI is InChI=1S/C45H30N2O/c1-5-13-31(14-6-1)32-21-23-33(24-22-32)40-29-35-25-28-42-44(48-45(46-42)34-15-7-2-8-16-34)43(35)39-27-26-38(30-41(39)40)47(36-17-9-3-10-18-36)37-19-11-4-12-20-37/h1-30H. The largest absolute Gasteiger partial charge is 0.435 e. The minimum atomic E-state index is 0.628. The second kappa shape index (κ2) is 11.7. The van der Waals surface area contributed by atoms with Gasteiger partial charge in [0, 0.05) is 28.0 Å². The van der Waals surface area contributed by atoms with Gasteiger partial charge in [-0.25, -0.2) is 4.98 Å². The smallest absolute Gasteiger partial charge is 0.227 e. The molecule has 0 unspecified atom stereocenters. The highest BCUT2D eigenvalue weighted by Crippen LogP contribution is 2.43. The van der Waals surface area contributed by atoms with Crippen LogP contribution < -0.4 is 4.90 Å². The number of rotatable bonds is 6. The molecule has 0 aliphatic heterocycles. The Morgan fingerprint density at radius 1 is 0.417 bits per heavy atom. The van der Waals surface area contributed by atoms with E-state index in [-0.39, 0.29) is 0 Å². The number of hydrogen-bond donors (Lipinski definition) is 0. The van der Waals surface area contributed by atoms with E-state index in [1.54, 1.807) is 0 Å². The fourth-order valence-corrected chi connectivity index (χ4v) is 6.77. The summed E-state index contributed by atoms with van der Waals surface area (Å²) in [6.07, 6.45) is 0. The molecule has 48 heavy (non-hydrogen) atoms. The SMILES string of the molecule is c1ccc(-c2ccc(-c3cc4ccc5nc(-c6ccccc6)oc5c4c4ccc(N(c5ccccc5)c5ccccc5)cc34)cc2)cc1. The molecule has 1 aromatic heterocycles. The molecule has 3 heteroatoms. The quantitative estimate of drug-likeness (QED) is 0.175. The first-order valence-electron chi connectivity index (χ1n) is 16.2. The van der Waals surface area contributed by atoms with E-state index in [1.807, 2.05) is 30.3 Å². The van der Waals surface area contributed by atoms with Crippen LogP contribution in [0.1, 0.15) is 0 Å². The maximum Gasteiger partial charge on any atom is 0.227 e. The van der Waals surface area contributed by atoms with Crippen molar-refractivity contribution in [2.24, 2.45) is 0 Å². The van der Waals surface area contributed by atoms with E-state index in [0.29, 0.717) is 5.89 Å². The molecule has 3 nitrogen and oxygen atoms in total. The minimum Gasteiger partial charge on any atom is -0.435 e. The van der Waals surface area contributed by atoms with Gasteiger partial charge in [0.1, 0.15) is 5.52 Å². The molecule has 226 valence electrons. The van der Waals surface area contributed by atoms with Crippen LogP contribution in [0.2, 0.25) is 0 Å². The van der Waals surface area contributed by atoms with Gasteiger partial charge in [0.25, 0.3) is 0 Å². The molecule has 8 aromatic carbocycles. The Labute approximate surface area is 279 Å². The van der Waals surface area contributed by atoms with Crippen molar-refractivity contribution in [3.63, 3.8) is 0 Å². The van der Waals surface area contributed by atoms with Crippen LogP contribution in [0.4, 0.5) is 17.1 Å². The number of nitrogens with zero attached hydrogens (tertiary/aromatic N) is 2. The Morgan fingerprint density at radius 2 is 0.979 bits per heavy atom. The van der Waals surface area contributed by atoms with E-state index < -0.39 is 0 Å². The molecule has 0 atom stereocenters. The monoisotopic (exact) mass is 614 g/mol. The summed E-state index contributed by atoms with van der Waals surface area (Å²) in [5.74, 6) is 0.628. The summed E-state index contributed by atoms with van der Waals surface area (Å²) in [5.41, 5.74) is 10.6. The van der Waals surface area contributed by atoms with E-state index in [2.05, 4.69) is 157 Å². The minimum absolute atomic E-state index is 0.628. The van der Waals surface area contributed by atoms with Gasteiger partial charge in [-0.2, -0.15) is 0 Å². The summed E-state index contributed by atoms with van der Waals surface area (Å²) < 4.78 is 6.58. The molecule has 9 aromatic rings. The Morgan fingerprint density at radius 3 is 1.62 bits per heavy atom. The fraction of sp³-hybridized carbons (Fsp3) is 0. The number of hydrogen-bond acceptors (Lipinski definition) is 3. The van der Waals surface area contributed by atoms with Crippen molar-refractivity contribution >= 4 is 49.7 Å². The van der Waals surface area contributed by atoms with E-state index in [4.69, 9.17) is 9.40 Å². The predicted molar refractivity (Wildman–Crippen MR) is 200 cm³/mol. The van der Waals surface area contributed by atoms with Crippen molar-refractivity contribution < 1.29 is 4.42 Å². The molecule has 0 radical (unpaired) electrons. The third kappa shape index (κ3) is 4.90. The molecule has 0 fully saturated rings. The molecule has 0 saturated carbocycles. The molecule has 0 aliphatic carbocycles. The Hall–Kier alpha value is -6.45. The van der Waals surface area contributed by atoms with Gasteiger partial charge in [0.15, 0.2) is 5.58 Å². The molecule has 0 amide bonds. The first-order valence-corrected chi connectivity index (χ1v) is 16.2. The molecular weight excluding hydrogens is 585 g/mol. The summed E-state index contributed by atoms with van der Waals surface area (Å²) in [7, 11) is 0. The van der Waals surface area contributed by atoms with Crippen LogP contribution in [0.3, 0.4) is 0 Å². The Bertz CT molecular complexity index is 2480. The van der Waals surface area contributed by atoms with Crippen LogP contribution in [0.15, 0.2) is 186 Å². The average Bonchev–Trinajstić information content (AvgIpc) is 3.61. The van der Waals surface area contributed by atoms with Crippen molar-refractivity contribution in [1.82, 2.24) is 4.98 Å². The molecule has 9 rings (SSSR count). The maximum absolute atomic E-state index is 6.58. The summed E-state index contributed by atoms with van der Waals surface area (Å²) in [5, 5.41) is 4.46. The van der Waals surface area contributed by atoms with Crippen molar-refractivity contribution in [3.05, 3.63) is 182 Å². The van der Waals surface area contributed by atoms with Crippen LogP contribution in [-0.2, 0) is 0 Å². The van der Waals surface area contributed by atoms with E-state index in [1.165, 1.54) is 16.7 Å². The molecular formula is C45H30N2O. The third-order valence-electron chi connectivity index (χ3n) is 9.06. The first kappa shape index (κ1) is 27.8. The van der Waals surface area contributed by atoms with Crippen molar-refractivity contribution in [3.8, 4) is 33.7 Å². The van der Waals surface area contributed by atoms with Crippen LogP contribution in [-0.4, -0.2) is 4.98 Å². The van der Waals surface area contributed by atoms with Gasteiger partial charge in [-0.05, 0) is 99.1 Å². The summed E-state index contributed by atoms with van der Waals surface area (Å²) >= 11 is 0. The number of fused-ring (bicyclic) bond motifs is 5. The average molecular weight is 615 g/mol. The number of oxazole rings is 1. The highest BCUT2D eigenvalue weighted by atomic mass is 16.3. The van der Waals surface area contributed by atoms with Gasteiger partial charge in [0.2, 0.25) is 5.89 Å². The second-order valence-electron chi connectivity index (χ2n) is 12.0. The van der Waals surface area contributed by atoms with E-state index >= 15 is 0 Å². The summed E-state index contributed by atoms with van der Waals surface area (Å²) in [6.45, 7) is 0. The summed E-state index contributed by atoms with van der Waals surface area (Å²) in [6, 6.07) is 64.0. The lowest BCUT2D eigenvalue weighted by atomic mass is 9.91. The number of benzene rings is 8. The lowest BCUT2D eigenvalue weighted by Crippen LogP contribution is -2.09. The van der Waals surface area contributed by atoms with Gasteiger partial charge in [-0.3, -0.25) is 0 Å². The first-order chi connectivity index (χ1) is 23.8. The van der Waals surface area contributed by atoms with Crippen LogP contribution in [0.5, 0.6) is 0 Å². The van der Waals surface area contributed by atoms with Crippen LogP contribution >= 0.6 is 0 Å². The number of aromatic nitrogens is 1. The zero-order valence-corrected chi connectivity index (χ0v) is 26.1. The van der Waals surface area contributed by atoms with Gasteiger partial charge in [-0.15, -0.1) is 0 Å². The highest BCUT2D eigenvalue weighted by molar-refractivity contribution is 6.22. The summed E-state index contributed by atoms with van der Waals surface area (Å²) in [4.78, 5) is 7.22. The molecule has 0 bridgehead atoms.